The van der Waals surface area contributed by atoms with Crippen molar-refractivity contribution in [3.05, 3.63) is 0 Å². The molecule has 2 amide bonds. The van der Waals surface area contributed by atoms with Crippen molar-refractivity contribution in [1.29, 1.82) is 0 Å². The highest BCUT2D eigenvalue weighted by molar-refractivity contribution is 5.81. The van der Waals surface area contributed by atoms with Crippen LogP contribution in [0.15, 0.2) is 0 Å². The molecule has 0 radical (unpaired) electrons. The highest BCUT2D eigenvalue weighted by Crippen LogP contribution is 2.28. The van der Waals surface area contributed by atoms with Crippen molar-refractivity contribution in [2.24, 2.45) is 11.8 Å². The number of carboxylic acid groups (broad SMARTS) is 1. The van der Waals surface area contributed by atoms with Gasteiger partial charge in [0.05, 0.1) is 5.92 Å². The predicted molar refractivity (Wildman–Crippen MR) is 76.5 cm³/mol. The number of nitrogens with zero attached hydrogens (tertiary/aromatic N) is 1. The number of carbonyl (C=O) groups excluding carboxylic acids is 2. The number of aliphatic carboxylic acids is 1. The summed E-state index contributed by atoms with van der Waals surface area (Å²) in [4.78, 5) is 36.5. The zero-order valence-electron chi connectivity index (χ0n) is 12.5. The first kappa shape index (κ1) is 15.8. The zero-order valence-corrected chi connectivity index (χ0v) is 12.5. The minimum absolute atomic E-state index is 0.00544. The highest BCUT2D eigenvalue weighted by atomic mass is 16.4. The summed E-state index contributed by atoms with van der Waals surface area (Å²) in [6.45, 7) is 2.97. The third-order valence-electron chi connectivity index (χ3n) is 4.44. The van der Waals surface area contributed by atoms with Crippen LogP contribution in [0.25, 0.3) is 0 Å². The van der Waals surface area contributed by atoms with Crippen LogP contribution in [0.1, 0.15) is 45.4 Å². The van der Waals surface area contributed by atoms with E-state index in [-0.39, 0.29) is 23.8 Å². The first-order valence-corrected chi connectivity index (χ1v) is 7.80. The molecule has 1 saturated heterocycles. The number of nitrogens with one attached hydrogen (secondary N) is 1. The van der Waals surface area contributed by atoms with Gasteiger partial charge in [0.2, 0.25) is 11.8 Å². The van der Waals surface area contributed by atoms with Crippen molar-refractivity contribution >= 4 is 17.8 Å². The molecule has 2 rings (SSSR count). The molecule has 0 aromatic heterocycles. The molecule has 2 fully saturated rings. The molecular formula is C15H24N2O4. The second kappa shape index (κ2) is 6.91. The number of amides is 2. The van der Waals surface area contributed by atoms with Gasteiger partial charge >= 0.3 is 5.97 Å². The van der Waals surface area contributed by atoms with Crippen molar-refractivity contribution < 1.29 is 19.5 Å². The SMILES string of the molecule is C[C@@H]1[C@H](C(=O)O)CCCN1C(=O)CCCNC(=O)C1CC1. The van der Waals surface area contributed by atoms with Crippen molar-refractivity contribution in [2.75, 3.05) is 13.1 Å². The summed E-state index contributed by atoms with van der Waals surface area (Å²) in [7, 11) is 0. The smallest absolute Gasteiger partial charge is 0.308 e. The van der Waals surface area contributed by atoms with Crippen molar-refractivity contribution in [3.8, 4) is 0 Å². The molecule has 21 heavy (non-hydrogen) atoms. The van der Waals surface area contributed by atoms with E-state index in [1.165, 1.54) is 0 Å². The van der Waals surface area contributed by atoms with Gasteiger partial charge in [-0.15, -0.1) is 0 Å². The Hall–Kier alpha value is -1.59. The lowest BCUT2D eigenvalue weighted by Crippen LogP contribution is -2.49. The lowest BCUT2D eigenvalue weighted by molar-refractivity contribution is -0.149. The Morgan fingerprint density at radius 2 is 1.95 bits per heavy atom. The summed E-state index contributed by atoms with van der Waals surface area (Å²) in [5, 5.41) is 12.0. The fourth-order valence-electron chi connectivity index (χ4n) is 2.91. The molecular weight excluding hydrogens is 272 g/mol. The van der Waals surface area contributed by atoms with Crippen LogP contribution in [0.4, 0.5) is 0 Å². The molecule has 1 aliphatic heterocycles. The summed E-state index contributed by atoms with van der Waals surface area (Å²) in [6, 6.07) is -0.246. The number of rotatable bonds is 6. The van der Waals surface area contributed by atoms with Crippen LogP contribution in [0, 0.1) is 11.8 Å². The van der Waals surface area contributed by atoms with Crippen LogP contribution in [0.5, 0.6) is 0 Å². The summed E-state index contributed by atoms with van der Waals surface area (Å²) < 4.78 is 0. The fraction of sp³-hybridized carbons (Fsp3) is 0.800. The predicted octanol–water partition coefficient (Wildman–Crippen LogP) is 1.00. The lowest BCUT2D eigenvalue weighted by atomic mass is 9.90. The Balaban J connectivity index is 1.71. The van der Waals surface area contributed by atoms with E-state index >= 15 is 0 Å². The zero-order chi connectivity index (χ0) is 15.4. The van der Waals surface area contributed by atoms with Gasteiger partial charge in [-0.05, 0) is 39.0 Å². The average Bonchev–Trinajstić information content (AvgIpc) is 3.27. The van der Waals surface area contributed by atoms with E-state index in [1.54, 1.807) is 4.90 Å². The van der Waals surface area contributed by atoms with E-state index in [9.17, 15) is 14.4 Å². The van der Waals surface area contributed by atoms with Crippen LogP contribution in [0.3, 0.4) is 0 Å². The third-order valence-corrected chi connectivity index (χ3v) is 4.44. The minimum atomic E-state index is -0.823. The average molecular weight is 296 g/mol. The third kappa shape index (κ3) is 4.19. The minimum Gasteiger partial charge on any atom is -0.481 e. The largest absolute Gasteiger partial charge is 0.481 e. The quantitative estimate of drug-likeness (QED) is 0.716. The Labute approximate surface area is 124 Å². The number of likely N-dealkylation sites (tertiary alicyclic amines) is 1. The highest BCUT2D eigenvalue weighted by Gasteiger charge is 2.35. The van der Waals surface area contributed by atoms with Gasteiger partial charge in [0.1, 0.15) is 0 Å². The Kier molecular flexibility index (Phi) is 5.20. The molecule has 2 N–H and O–H groups in total. The number of carbonyl (C=O) groups is 3. The molecule has 1 saturated carbocycles. The molecule has 1 heterocycles. The Morgan fingerprint density at radius 3 is 2.57 bits per heavy atom. The standard InChI is InChI=1S/C15H24N2O4/c1-10-12(15(20)21)4-3-9-17(10)13(18)5-2-8-16-14(19)11-6-7-11/h10-12H,2-9H2,1H3,(H,16,19)(H,20,21)/t10-,12-/m1/s1. The monoisotopic (exact) mass is 296 g/mol. The van der Waals surface area contributed by atoms with Crippen molar-refractivity contribution in [3.63, 3.8) is 0 Å². The first-order chi connectivity index (χ1) is 10.0. The van der Waals surface area contributed by atoms with Gasteiger partial charge in [0, 0.05) is 31.5 Å². The van der Waals surface area contributed by atoms with Crippen LogP contribution >= 0.6 is 0 Å². The first-order valence-electron chi connectivity index (χ1n) is 7.80. The topological polar surface area (TPSA) is 86.7 Å². The van der Waals surface area contributed by atoms with Crippen LogP contribution in [-0.2, 0) is 14.4 Å². The van der Waals surface area contributed by atoms with E-state index in [4.69, 9.17) is 5.11 Å². The van der Waals surface area contributed by atoms with E-state index in [0.29, 0.717) is 32.4 Å². The van der Waals surface area contributed by atoms with Gasteiger partial charge in [-0.3, -0.25) is 14.4 Å². The van der Waals surface area contributed by atoms with Crippen molar-refractivity contribution in [2.45, 2.75) is 51.5 Å². The molecule has 2 aliphatic rings. The van der Waals surface area contributed by atoms with Gasteiger partial charge in [-0.25, -0.2) is 0 Å². The molecule has 0 aromatic carbocycles. The fourth-order valence-corrected chi connectivity index (χ4v) is 2.91. The molecule has 0 bridgehead atoms. The maximum Gasteiger partial charge on any atom is 0.308 e. The number of hydrogen-bond donors (Lipinski definition) is 2. The second-order valence-electron chi connectivity index (χ2n) is 6.08. The van der Waals surface area contributed by atoms with E-state index in [1.807, 2.05) is 6.92 Å². The van der Waals surface area contributed by atoms with Crippen LogP contribution in [-0.4, -0.2) is 46.9 Å². The molecule has 0 spiro atoms. The van der Waals surface area contributed by atoms with E-state index < -0.39 is 11.9 Å². The molecule has 118 valence electrons. The van der Waals surface area contributed by atoms with Gasteiger partial charge in [-0.1, -0.05) is 0 Å². The summed E-state index contributed by atoms with van der Waals surface area (Å²) in [6.07, 6.45) is 4.31. The lowest BCUT2D eigenvalue weighted by Gasteiger charge is -2.37. The molecule has 1 aliphatic carbocycles. The van der Waals surface area contributed by atoms with Crippen LogP contribution in [0.2, 0.25) is 0 Å². The van der Waals surface area contributed by atoms with E-state index in [0.717, 1.165) is 19.3 Å². The van der Waals surface area contributed by atoms with Crippen LogP contribution < -0.4 is 5.32 Å². The maximum atomic E-state index is 12.2. The Morgan fingerprint density at radius 1 is 1.24 bits per heavy atom. The number of carboxylic acids is 1. The van der Waals surface area contributed by atoms with Gasteiger partial charge in [0.15, 0.2) is 0 Å². The number of hydrogen-bond acceptors (Lipinski definition) is 3. The maximum absolute atomic E-state index is 12.2. The summed E-state index contributed by atoms with van der Waals surface area (Å²) in [5.41, 5.74) is 0. The second-order valence-corrected chi connectivity index (χ2v) is 6.08. The van der Waals surface area contributed by atoms with Gasteiger partial charge in [-0.2, -0.15) is 0 Å². The Bertz CT molecular complexity index is 420. The molecule has 2 atom stereocenters. The summed E-state index contributed by atoms with van der Waals surface area (Å²) >= 11 is 0. The van der Waals surface area contributed by atoms with Gasteiger partial charge in [0.25, 0.3) is 0 Å². The molecule has 0 unspecified atom stereocenters. The number of piperidine rings is 1. The van der Waals surface area contributed by atoms with Crippen molar-refractivity contribution in [1.82, 2.24) is 10.2 Å². The van der Waals surface area contributed by atoms with E-state index in [2.05, 4.69) is 5.32 Å². The van der Waals surface area contributed by atoms with Gasteiger partial charge < -0.3 is 15.3 Å². The molecule has 6 heteroatoms. The normalized spacial score (nSPS) is 25.5. The summed E-state index contributed by atoms with van der Waals surface area (Å²) in [5.74, 6) is -0.998. The molecule has 6 nitrogen and oxygen atoms in total. The molecule has 0 aromatic rings.